The minimum Gasteiger partial charge on any atom is -0.497 e. The summed E-state index contributed by atoms with van der Waals surface area (Å²) < 4.78 is 21.0. The molecule has 0 amide bonds. The van der Waals surface area contributed by atoms with Gasteiger partial charge in [0.2, 0.25) is 0 Å². The highest BCUT2D eigenvalue weighted by Crippen LogP contribution is 2.40. The summed E-state index contributed by atoms with van der Waals surface area (Å²) in [5.74, 6) is 0.581. The first-order valence-electron chi connectivity index (χ1n) is 8.23. The third-order valence-electron chi connectivity index (χ3n) is 3.94. The zero-order chi connectivity index (χ0) is 20.8. The molecule has 0 saturated carbocycles. The van der Waals surface area contributed by atoms with Gasteiger partial charge in [0.15, 0.2) is 5.78 Å². The van der Waals surface area contributed by atoms with Crippen molar-refractivity contribution in [3.05, 3.63) is 47.5 Å². The van der Waals surface area contributed by atoms with Gasteiger partial charge in [-0.05, 0) is 17.7 Å². The maximum Gasteiger partial charge on any atom is 0.308 e. The largest absolute Gasteiger partial charge is 0.497 e. The fourth-order valence-electron chi connectivity index (χ4n) is 2.55. The maximum atomic E-state index is 13.3. The van der Waals surface area contributed by atoms with E-state index in [1.807, 2.05) is 24.3 Å². The average Bonchev–Trinajstić information content (AvgIpc) is 2.71. The van der Waals surface area contributed by atoms with E-state index in [0.717, 1.165) is 11.3 Å². The molecule has 2 unspecified atom stereocenters. The van der Waals surface area contributed by atoms with E-state index in [0.29, 0.717) is 5.75 Å². The van der Waals surface area contributed by atoms with E-state index in [-0.39, 0.29) is 27.7 Å². The molecule has 0 aliphatic heterocycles. The molecule has 2 rings (SSSR count). The van der Waals surface area contributed by atoms with Crippen molar-refractivity contribution in [2.75, 3.05) is 21.3 Å². The van der Waals surface area contributed by atoms with E-state index >= 15 is 0 Å². The van der Waals surface area contributed by atoms with Gasteiger partial charge in [-0.1, -0.05) is 44.0 Å². The van der Waals surface area contributed by atoms with E-state index in [1.165, 1.54) is 27.2 Å². The number of hydrogen-bond donors (Lipinski definition) is 0. The molecule has 0 bridgehead atoms. The van der Waals surface area contributed by atoms with Crippen LogP contribution in [0.3, 0.4) is 0 Å². The monoisotopic (exact) mass is 514 g/mol. The van der Waals surface area contributed by atoms with Crippen molar-refractivity contribution < 1.29 is 28.5 Å². The van der Waals surface area contributed by atoms with Crippen molar-refractivity contribution in [1.82, 2.24) is 0 Å². The summed E-state index contributed by atoms with van der Waals surface area (Å²) in [7, 11) is 4.49. The molecule has 0 saturated heterocycles. The Bertz CT molecular complexity index is 851. The van der Waals surface area contributed by atoms with Crippen LogP contribution in [-0.2, 0) is 4.79 Å². The zero-order valence-corrected chi connectivity index (χ0v) is 19.0. The van der Waals surface area contributed by atoms with Gasteiger partial charge in [-0.2, -0.15) is 0 Å². The summed E-state index contributed by atoms with van der Waals surface area (Å²) in [6.45, 7) is 1.26. The lowest BCUT2D eigenvalue weighted by Gasteiger charge is -2.20. The van der Waals surface area contributed by atoms with Gasteiger partial charge in [0.05, 0.1) is 31.0 Å². The Morgan fingerprint density at radius 3 is 1.93 bits per heavy atom. The van der Waals surface area contributed by atoms with Crippen LogP contribution in [0.1, 0.15) is 27.7 Å². The van der Waals surface area contributed by atoms with Crippen LogP contribution in [0.25, 0.3) is 0 Å². The topological polar surface area (TPSA) is 71.1 Å². The number of carbonyl (C=O) groups is 2. The number of carbonyl (C=O) groups excluding carboxylic acids is 2. The van der Waals surface area contributed by atoms with Crippen molar-refractivity contribution in [2.45, 2.75) is 16.6 Å². The minimum absolute atomic E-state index is 0.0765. The van der Waals surface area contributed by atoms with Crippen LogP contribution in [0, 0.1) is 0 Å². The molecule has 8 heteroatoms. The lowest BCUT2D eigenvalue weighted by atomic mass is 10.0. The minimum atomic E-state index is -0.655. The van der Waals surface area contributed by atoms with Crippen molar-refractivity contribution in [3.63, 3.8) is 0 Å². The lowest BCUT2D eigenvalue weighted by molar-refractivity contribution is -0.131. The molecule has 6 nitrogen and oxygen atoms in total. The summed E-state index contributed by atoms with van der Waals surface area (Å²) in [6.07, 6.45) is 0. The average molecular weight is 516 g/mol. The molecule has 0 radical (unpaired) electrons. The van der Waals surface area contributed by atoms with Crippen molar-refractivity contribution >= 4 is 43.6 Å². The Morgan fingerprint density at radius 2 is 1.43 bits per heavy atom. The van der Waals surface area contributed by atoms with Gasteiger partial charge in [-0.15, -0.1) is 0 Å². The van der Waals surface area contributed by atoms with E-state index < -0.39 is 10.8 Å². The van der Waals surface area contributed by atoms with E-state index in [1.54, 1.807) is 13.2 Å². The van der Waals surface area contributed by atoms with Crippen LogP contribution in [0.15, 0.2) is 36.4 Å². The summed E-state index contributed by atoms with van der Waals surface area (Å²) in [5, 5.41) is 0. The number of alkyl halides is 2. The highest BCUT2D eigenvalue weighted by atomic mass is 79.9. The fourth-order valence-corrected chi connectivity index (χ4v) is 3.63. The smallest absolute Gasteiger partial charge is 0.308 e. The Balaban J connectivity index is 2.43. The van der Waals surface area contributed by atoms with Crippen LogP contribution in [-0.4, -0.2) is 37.9 Å². The maximum absolute atomic E-state index is 13.3. The number of ether oxygens (including phenoxy) is 4. The number of rotatable bonds is 8. The van der Waals surface area contributed by atoms with Crippen LogP contribution >= 0.6 is 31.9 Å². The number of halogens is 2. The first kappa shape index (κ1) is 22.2. The predicted molar refractivity (Wildman–Crippen MR) is 113 cm³/mol. The molecular weight excluding hydrogens is 496 g/mol. The molecular formula is C20H20Br2O6. The SMILES string of the molecule is COc1ccc(C(Br)C(Br)C(=O)c2c(OC)cc(OC)cc2OC(C)=O)cc1. The van der Waals surface area contributed by atoms with E-state index in [2.05, 4.69) is 31.9 Å². The number of hydrogen-bond acceptors (Lipinski definition) is 6. The first-order valence-corrected chi connectivity index (χ1v) is 10.1. The summed E-state index contributed by atoms with van der Waals surface area (Å²) in [4.78, 5) is 23.8. The molecule has 0 spiro atoms. The highest BCUT2D eigenvalue weighted by molar-refractivity contribution is 9.12. The quantitative estimate of drug-likeness (QED) is 0.219. The van der Waals surface area contributed by atoms with Gasteiger partial charge in [-0.25, -0.2) is 0 Å². The third kappa shape index (κ3) is 5.05. The van der Waals surface area contributed by atoms with Crippen molar-refractivity contribution in [2.24, 2.45) is 0 Å². The fraction of sp³-hybridized carbons (Fsp3) is 0.300. The van der Waals surface area contributed by atoms with Crippen molar-refractivity contribution in [1.29, 1.82) is 0 Å². The number of esters is 1. The molecule has 0 heterocycles. The Morgan fingerprint density at radius 1 is 0.857 bits per heavy atom. The second-order valence-electron chi connectivity index (χ2n) is 5.74. The summed E-state index contributed by atoms with van der Waals surface area (Å²) in [5.41, 5.74) is 1.02. The number of Topliss-reactive ketones (excluding diaryl/α,β-unsaturated/α-hetero) is 1. The van der Waals surface area contributed by atoms with Crippen LogP contribution in [0.4, 0.5) is 0 Å². The van der Waals surface area contributed by atoms with Crippen LogP contribution < -0.4 is 18.9 Å². The zero-order valence-electron chi connectivity index (χ0n) is 15.8. The molecule has 2 atom stereocenters. The van der Waals surface area contributed by atoms with Gasteiger partial charge in [-0.3, -0.25) is 9.59 Å². The molecule has 150 valence electrons. The standard InChI is InChI=1S/C20H20Br2O6/c1-11(23)28-16-10-14(26-3)9-15(27-4)17(16)20(24)19(22)18(21)12-5-7-13(25-2)8-6-12/h5-10,18-19H,1-4H3. The number of ketones is 1. The first-order chi connectivity index (χ1) is 13.3. The normalized spacial score (nSPS) is 12.6. The Kier molecular flexibility index (Phi) is 7.88. The number of benzene rings is 2. The Labute approximate surface area is 180 Å². The number of methoxy groups -OCH3 is 3. The van der Waals surface area contributed by atoms with Gasteiger partial charge in [0, 0.05) is 19.1 Å². The highest BCUT2D eigenvalue weighted by Gasteiger charge is 2.31. The van der Waals surface area contributed by atoms with Gasteiger partial charge >= 0.3 is 5.97 Å². The van der Waals surface area contributed by atoms with E-state index in [9.17, 15) is 9.59 Å². The third-order valence-corrected chi connectivity index (χ3v) is 6.65. The molecule has 2 aromatic rings. The molecule has 2 aromatic carbocycles. The van der Waals surface area contributed by atoms with Gasteiger partial charge in [0.25, 0.3) is 0 Å². The van der Waals surface area contributed by atoms with Crippen LogP contribution in [0.2, 0.25) is 0 Å². The molecule has 0 aliphatic carbocycles. The second kappa shape index (κ2) is 9.93. The molecule has 0 aromatic heterocycles. The summed E-state index contributed by atoms with van der Waals surface area (Å²) >= 11 is 7.03. The molecule has 0 fully saturated rings. The van der Waals surface area contributed by atoms with Gasteiger partial charge < -0.3 is 18.9 Å². The molecule has 28 heavy (non-hydrogen) atoms. The summed E-state index contributed by atoms with van der Waals surface area (Å²) in [6, 6.07) is 10.4. The van der Waals surface area contributed by atoms with Crippen molar-refractivity contribution in [3.8, 4) is 23.0 Å². The van der Waals surface area contributed by atoms with Crippen LogP contribution in [0.5, 0.6) is 23.0 Å². The Hall–Kier alpha value is -2.06. The predicted octanol–water partition coefficient (Wildman–Crippen LogP) is 4.72. The van der Waals surface area contributed by atoms with E-state index in [4.69, 9.17) is 18.9 Å². The molecule has 0 N–H and O–H groups in total. The molecule has 0 aliphatic rings. The van der Waals surface area contributed by atoms with Gasteiger partial charge in [0.1, 0.15) is 28.6 Å². The second-order valence-corrected chi connectivity index (χ2v) is 7.71. The lowest BCUT2D eigenvalue weighted by Crippen LogP contribution is -2.21.